The molecule has 3 rings (SSSR count). The van der Waals surface area contributed by atoms with Crippen molar-refractivity contribution in [1.29, 1.82) is 0 Å². The van der Waals surface area contributed by atoms with Crippen LogP contribution in [0.5, 0.6) is 0 Å². The SMILES string of the molecule is CC(C)(C)C1c2ccc(cc2)C1CN. The van der Waals surface area contributed by atoms with Crippen molar-refractivity contribution in [3.05, 3.63) is 35.4 Å². The van der Waals surface area contributed by atoms with Gasteiger partial charge >= 0.3 is 0 Å². The molecule has 0 radical (unpaired) electrons. The van der Waals surface area contributed by atoms with Gasteiger partial charge in [0.1, 0.15) is 0 Å². The van der Waals surface area contributed by atoms with Crippen LogP contribution < -0.4 is 5.73 Å². The summed E-state index contributed by atoms with van der Waals surface area (Å²) in [6.45, 7) is 7.66. The lowest BCUT2D eigenvalue weighted by molar-refractivity contribution is 0.275. The first kappa shape index (κ1) is 9.72. The van der Waals surface area contributed by atoms with Gasteiger partial charge in [0.05, 0.1) is 0 Å². The molecule has 2 aliphatic rings. The molecule has 0 aliphatic heterocycles. The predicted molar refractivity (Wildman–Crippen MR) is 60.4 cm³/mol. The molecule has 14 heavy (non-hydrogen) atoms. The van der Waals surface area contributed by atoms with Gasteiger partial charge in [-0.2, -0.15) is 0 Å². The van der Waals surface area contributed by atoms with E-state index in [4.69, 9.17) is 5.73 Å². The second-order valence-corrected chi connectivity index (χ2v) is 5.35. The smallest absolute Gasteiger partial charge is 0.00350 e. The van der Waals surface area contributed by atoms with Gasteiger partial charge in [-0.25, -0.2) is 0 Å². The van der Waals surface area contributed by atoms with Crippen molar-refractivity contribution in [2.24, 2.45) is 11.1 Å². The molecule has 1 heteroatoms. The second-order valence-electron chi connectivity index (χ2n) is 5.35. The van der Waals surface area contributed by atoms with Crippen LogP contribution in [0.3, 0.4) is 0 Å². The Hall–Kier alpha value is -0.820. The molecule has 76 valence electrons. The van der Waals surface area contributed by atoms with Crippen molar-refractivity contribution in [2.45, 2.75) is 32.6 Å². The van der Waals surface area contributed by atoms with E-state index in [1.807, 2.05) is 0 Å². The molecule has 0 heterocycles. The summed E-state index contributed by atoms with van der Waals surface area (Å²) >= 11 is 0. The summed E-state index contributed by atoms with van der Waals surface area (Å²) in [7, 11) is 0. The van der Waals surface area contributed by atoms with Crippen LogP contribution in [-0.4, -0.2) is 6.54 Å². The summed E-state index contributed by atoms with van der Waals surface area (Å²) in [5.41, 5.74) is 9.03. The zero-order valence-electron chi connectivity index (χ0n) is 9.25. The summed E-state index contributed by atoms with van der Waals surface area (Å²) in [5, 5.41) is 0. The summed E-state index contributed by atoms with van der Waals surface area (Å²) < 4.78 is 0. The molecule has 0 saturated heterocycles. The van der Waals surface area contributed by atoms with E-state index in [0.29, 0.717) is 17.3 Å². The van der Waals surface area contributed by atoms with Crippen LogP contribution in [0, 0.1) is 5.41 Å². The normalized spacial score (nSPS) is 25.4. The molecule has 0 amide bonds. The lowest BCUT2D eigenvalue weighted by Crippen LogP contribution is -2.32. The van der Waals surface area contributed by atoms with Crippen molar-refractivity contribution >= 4 is 0 Å². The van der Waals surface area contributed by atoms with Crippen LogP contribution in [0.1, 0.15) is 43.7 Å². The monoisotopic (exact) mass is 189 g/mol. The Morgan fingerprint density at radius 2 is 1.57 bits per heavy atom. The number of rotatable bonds is 1. The minimum Gasteiger partial charge on any atom is -0.330 e. The van der Waals surface area contributed by atoms with Crippen molar-refractivity contribution in [1.82, 2.24) is 0 Å². The van der Waals surface area contributed by atoms with Gasteiger partial charge in [-0.3, -0.25) is 0 Å². The Kier molecular flexibility index (Phi) is 2.15. The molecule has 0 aromatic heterocycles. The molecule has 0 saturated carbocycles. The summed E-state index contributed by atoms with van der Waals surface area (Å²) in [5.74, 6) is 1.12. The highest BCUT2D eigenvalue weighted by Crippen LogP contribution is 2.48. The predicted octanol–water partition coefficient (Wildman–Crippen LogP) is 2.87. The highest BCUT2D eigenvalue weighted by Gasteiger charge is 2.36. The summed E-state index contributed by atoms with van der Waals surface area (Å²) in [6, 6.07) is 8.93. The molecule has 2 bridgehead atoms. The molecule has 1 aromatic carbocycles. The Morgan fingerprint density at radius 3 is 1.93 bits per heavy atom. The van der Waals surface area contributed by atoms with E-state index in [2.05, 4.69) is 45.0 Å². The highest BCUT2D eigenvalue weighted by molar-refractivity contribution is 5.38. The molecular weight excluding hydrogens is 170 g/mol. The van der Waals surface area contributed by atoms with Crippen LogP contribution in [0.25, 0.3) is 0 Å². The van der Waals surface area contributed by atoms with Crippen LogP contribution in [0.4, 0.5) is 0 Å². The molecule has 0 spiro atoms. The van der Waals surface area contributed by atoms with E-state index in [1.54, 1.807) is 0 Å². The van der Waals surface area contributed by atoms with Crippen molar-refractivity contribution < 1.29 is 0 Å². The molecule has 1 nitrogen and oxygen atoms in total. The average Bonchev–Trinajstić information content (AvgIpc) is 2.16. The van der Waals surface area contributed by atoms with Crippen molar-refractivity contribution in [2.75, 3.05) is 6.54 Å². The Labute approximate surface area is 86.3 Å². The maximum absolute atomic E-state index is 5.87. The lowest BCUT2D eigenvalue weighted by Gasteiger charge is -2.40. The van der Waals surface area contributed by atoms with Crippen molar-refractivity contribution in [3.8, 4) is 0 Å². The first-order valence-corrected chi connectivity index (χ1v) is 5.34. The van der Waals surface area contributed by atoms with Gasteiger partial charge in [0.15, 0.2) is 0 Å². The quantitative estimate of drug-likeness (QED) is 0.722. The highest BCUT2D eigenvalue weighted by atomic mass is 14.6. The number of hydrogen-bond acceptors (Lipinski definition) is 1. The van der Waals surface area contributed by atoms with Crippen LogP contribution in [0.15, 0.2) is 24.3 Å². The third-order valence-electron chi connectivity index (χ3n) is 3.31. The van der Waals surface area contributed by atoms with E-state index in [9.17, 15) is 0 Å². The molecule has 0 fully saturated rings. The van der Waals surface area contributed by atoms with Gasteiger partial charge in [0, 0.05) is 5.92 Å². The summed E-state index contributed by atoms with van der Waals surface area (Å²) in [4.78, 5) is 0. The molecule has 2 aliphatic carbocycles. The van der Waals surface area contributed by atoms with Gasteiger partial charge < -0.3 is 5.73 Å². The topological polar surface area (TPSA) is 26.0 Å². The van der Waals surface area contributed by atoms with Gasteiger partial charge in [-0.1, -0.05) is 45.0 Å². The molecule has 2 N–H and O–H groups in total. The van der Waals surface area contributed by atoms with E-state index < -0.39 is 0 Å². The average molecular weight is 189 g/mol. The zero-order chi connectivity index (χ0) is 10.3. The van der Waals surface area contributed by atoms with Gasteiger partial charge in [-0.15, -0.1) is 0 Å². The Balaban J connectivity index is 2.45. The van der Waals surface area contributed by atoms with E-state index in [-0.39, 0.29) is 0 Å². The number of fused-ring (bicyclic) bond motifs is 3. The minimum absolute atomic E-state index is 0.306. The standard InChI is InChI=1S/C13H19N/c1-13(2,3)12-10-6-4-9(5-7-10)11(12)8-14/h4-7,11-12H,8,14H2,1-3H3. The fourth-order valence-corrected chi connectivity index (χ4v) is 2.75. The van der Waals surface area contributed by atoms with E-state index >= 15 is 0 Å². The molecule has 2 atom stereocenters. The number of benzene rings is 1. The molecule has 1 aromatic rings. The first-order chi connectivity index (χ1) is 6.54. The van der Waals surface area contributed by atoms with E-state index in [0.717, 1.165) is 6.54 Å². The fourth-order valence-electron chi connectivity index (χ4n) is 2.75. The van der Waals surface area contributed by atoms with E-state index in [1.165, 1.54) is 11.1 Å². The second kappa shape index (κ2) is 3.09. The number of nitrogens with two attached hydrogens (primary N) is 1. The number of hydrogen-bond donors (Lipinski definition) is 1. The maximum Gasteiger partial charge on any atom is 0.00350 e. The first-order valence-electron chi connectivity index (χ1n) is 5.34. The van der Waals surface area contributed by atoms with Gasteiger partial charge in [0.25, 0.3) is 0 Å². The Morgan fingerprint density at radius 1 is 1.07 bits per heavy atom. The lowest BCUT2D eigenvalue weighted by atomic mass is 9.64. The van der Waals surface area contributed by atoms with Crippen LogP contribution in [-0.2, 0) is 0 Å². The van der Waals surface area contributed by atoms with Crippen LogP contribution in [0.2, 0.25) is 0 Å². The Bertz CT molecular complexity index is 318. The molecule has 2 unspecified atom stereocenters. The van der Waals surface area contributed by atoms with Gasteiger partial charge in [0.2, 0.25) is 0 Å². The summed E-state index contributed by atoms with van der Waals surface area (Å²) in [6.07, 6.45) is 0. The maximum atomic E-state index is 5.87. The minimum atomic E-state index is 0.306. The third kappa shape index (κ3) is 1.36. The van der Waals surface area contributed by atoms with Crippen LogP contribution >= 0.6 is 0 Å². The third-order valence-corrected chi connectivity index (χ3v) is 3.31. The van der Waals surface area contributed by atoms with Crippen molar-refractivity contribution in [3.63, 3.8) is 0 Å². The fraction of sp³-hybridized carbons (Fsp3) is 0.538. The molecular formula is C13H19N. The zero-order valence-corrected chi connectivity index (χ0v) is 9.25. The largest absolute Gasteiger partial charge is 0.330 e. The van der Waals surface area contributed by atoms with Gasteiger partial charge in [-0.05, 0) is 29.0 Å².